The van der Waals surface area contributed by atoms with Crippen LogP contribution in [0.25, 0.3) is 0 Å². The van der Waals surface area contributed by atoms with E-state index in [1.165, 1.54) is 12.8 Å². The number of amides is 2. The van der Waals surface area contributed by atoms with Crippen molar-refractivity contribution in [1.82, 2.24) is 15.1 Å². The summed E-state index contributed by atoms with van der Waals surface area (Å²) in [7, 11) is 0. The number of likely N-dealkylation sites (tertiary alicyclic amines) is 2. The quantitative estimate of drug-likeness (QED) is 0.812. The van der Waals surface area contributed by atoms with Crippen LogP contribution in [0.15, 0.2) is 0 Å². The number of nitrogens with one attached hydrogen (secondary N) is 1. The molecule has 2 rings (SSSR count). The summed E-state index contributed by atoms with van der Waals surface area (Å²) in [4.78, 5) is 28.5. The first-order valence-electron chi connectivity index (χ1n) is 9.38. The third kappa shape index (κ3) is 5.79. The van der Waals surface area contributed by atoms with Crippen molar-refractivity contribution in [1.29, 1.82) is 0 Å². The zero-order valence-corrected chi connectivity index (χ0v) is 14.9. The number of carbonyl (C=O) groups excluding carboxylic acids is 2. The van der Waals surface area contributed by atoms with Gasteiger partial charge in [-0.05, 0) is 44.6 Å². The minimum absolute atomic E-state index is 0.0842. The molecule has 0 spiro atoms. The Labute approximate surface area is 140 Å². The first kappa shape index (κ1) is 18.2. The fourth-order valence-electron chi connectivity index (χ4n) is 3.73. The van der Waals surface area contributed by atoms with Gasteiger partial charge in [0.1, 0.15) is 0 Å². The van der Waals surface area contributed by atoms with Crippen LogP contribution in [-0.4, -0.2) is 60.9 Å². The van der Waals surface area contributed by atoms with Crippen LogP contribution in [0.4, 0.5) is 0 Å². The van der Waals surface area contributed by atoms with Gasteiger partial charge in [-0.25, -0.2) is 0 Å². The first-order valence-corrected chi connectivity index (χ1v) is 9.38. The number of rotatable bonds is 6. The van der Waals surface area contributed by atoms with Crippen LogP contribution in [0.1, 0.15) is 52.4 Å². The molecule has 1 N–H and O–H groups in total. The summed E-state index contributed by atoms with van der Waals surface area (Å²) in [6.45, 7) is 9.84. The van der Waals surface area contributed by atoms with Gasteiger partial charge in [0.2, 0.25) is 11.8 Å². The van der Waals surface area contributed by atoms with Crippen LogP contribution >= 0.6 is 0 Å². The van der Waals surface area contributed by atoms with Crippen molar-refractivity contribution >= 4 is 11.8 Å². The Kier molecular flexibility index (Phi) is 7.34. The molecule has 2 amide bonds. The molecule has 1 unspecified atom stereocenters. The largest absolute Gasteiger partial charge is 0.355 e. The van der Waals surface area contributed by atoms with Crippen molar-refractivity contribution in [2.45, 2.75) is 52.4 Å². The Balaban J connectivity index is 1.62. The minimum Gasteiger partial charge on any atom is -0.355 e. The second-order valence-electron chi connectivity index (χ2n) is 7.24. The van der Waals surface area contributed by atoms with E-state index in [9.17, 15) is 9.59 Å². The predicted octanol–water partition coefficient (Wildman–Crippen LogP) is 1.87. The van der Waals surface area contributed by atoms with Gasteiger partial charge in [0.05, 0.1) is 0 Å². The molecule has 2 heterocycles. The van der Waals surface area contributed by atoms with Gasteiger partial charge < -0.3 is 15.1 Å². The summed E-state index contributed by atoms with van der Waals surface area (Å²) < 4.78 is 0. The second-order valence-corrected chi connectivity index (χ2v) is 7.24. The van der Waals surface area contributed by atoms with E-state index >= 15 is 0 Å². The van der Waals surface area contributed by atoms with E-state index in [1.807, 2.05) is 11.8 Å². The van der Waals surface area contributed by atoms with E-state index < -0.39 is 0 Å². The van der Waals surface area contributed by atoms with E-state index in [0.29, 0.717) is 6.42 Å². The first-order chi connectivity index (χ1) is 11.1. The lowest BCUT2D eigenvalue weighted by atomic mass is 9.95. The van der Waals surface area contributed by atoms with E-state index in [0.717, 1.165) is 64.4 Å². The van der Waals surface area contributed by atoms with Crippen LogP contribution in [0.3, 0.4) is 0 Å². The normalized spacial score (nSPS) is 23.7. The smallest absolute Gasteiger partial charge is 0.223 e. The molecule has 0 bridgehead atoms. The van der Waals surface area contributed by atoms with Crippen LogP contribution in [0.2, 0.25) is 0 Å². The Bertz CT molecular complexity index is 392. The van der Waals surface area contributed by atoms with E-state index in [4.69, 9.17) is 0 Å². The van der Waals surface area contributed by atoms with Gasteiger partial charge in [0.25, 0.3) is 0 Å². The number of carbonyl (C=O) groups is 2. The number of piperidine rings is 2. The third-order valence-corrected chi connectivity index (χ3v) is 5.15. The molecular weight excluding hydrogens is 290 g/mol. The van der Waals surface area contributed by atoms with Crippen molar-refractivity contribution in [2.75, 3.05) is 39.3 Å². The molecule has 132 valence electrons. The van der Waals surface area contributed by atoms with Crippen molar-refractivity contribution in [3.05, 3.63) is 0 Å². The van der Waals surface area contributed by atoms with Crippen molar-refractivity contribution in [3.8, 4) is 0 Å². The van der Waals surface area contributed by atoms with E-state index in [-0.39, 0.29) is 17.7 Å². The molecule has 2 saturated heterocycles. The summed E-state index contributed by atoms with van der Waals surface area (Å²) in [5.74, 6) is 1.29. The van der Waals surface area contributed by atoms with E-state index in [1.54, 1.807) is 0 Å². The lowest BCUT2D eigenvalue weighted by molar-refractivity contribution is -0.135. The number of nitrogens with zero attached hydrogens (tertiary/aromatic N) is 2. The molecule has 2 aliphatic rings. The minimum atomic E-state index is 0.0842. The maximum atomic E-state index is 12.3. The zero-order valence-electron chi connectivity index (χ0n) is 14.9. The lowest BCUT2D eigenvalue weighted by Gasteiger charge is -2.32. The highest BCUT2D eigenvalue weighted by atomic mass is 16.2. The van der Waals surface area contributed by atoms with Crippen molar-refractivity contribution < 1.29 is 9.59 Å². The topological polar surface area (TPSA) is 52.7 Å². The van der Waals surface area contributed by atoms with Gasteiger partial charge in [-0.15, -0.1) is 0 Å². The molecule has 0 aromatic carbocycles. The molecule has 0 aromatic heterocycles. The van der Waals surface area contributed by atoms with Gasteiger partial charge in [-0.3, -0.25) is 9.59 Å². The second kappa shape index (κ2) is 9.26. The molecular formula is C18H33N3O2. The highest BCUT2D eigenvalue weighted by Gasteiger charge is 2.26. The van der Waals surface area contributed by atoms with Crippen molar-refractivity contribution in [3.63, 3.8) is 0 Å². The van der Waals surface area contributed by atoms with Crippen LogP contribution in [0.5, 0.6) is 0 Å². The highest BCUT2D eigenvalue weighted by molar-refractivity contribution is 5.80. The summed E-state index contributed by atoms with van der Waals surface area (Å²) in [6.07, 6.45) is 5.75. The number of hydrogen-bond acceptors (Lipinski definition) is 3. The lowest BCUT2D eigenvalue weighted by Crippen LogP contribution is -2.45. The maximum absolute atomic E-state index is 12.3. The molecule has 0 saturated carbocycles. The monoisotopic (exact) mass is 323 g/mol. The van der Waals surface area contributed by atoms with E-state index in [2.05, 4.69) is 17.1 Å². The molecule has 23 heavy (non-hydrogen) atoms. The summed E-state index contributed by atoms with van der Waals surface area (Å²) in [5, 5.41) is 3.10. The zero-order chi connectivity index (χ0) is 16.7. The molecule has 0 radical (unpaired) electrons. The van der Waals surface area contributed by atoms with Crippen LogP contribution in [0, 0.1) is 11.8 Å². The average molecular weight is 323 g/mol. The fraction of sp³-hybridized carbons (Fsp3) is 0.889. The summed E-state index contributed by atoms with van der Waals surface area (Å²) >= 11 is 0. The van der Waals surface area contributed by atoms with Crippen LogP contribution < -0.4 is 5.32 Å². The molecule has 0 aromatic rings. The third-order valence-electron chi connectivity index (χ3n) is 5.15. The van der Waals surface area contributed by atoms with Gasteiger partial charge in [0, 0.05) is 45.1 Å². The Morgan fingerprint density at radius 2 is 1.87 bits per heavy atom. The van der Waals surface area contributed by atoms with Gasteiger partial charge in [0.15, 0.2) is 0 Å². The van der Waals surface area contributed by atoms with Gasteiger partial charge >= 0.3 is 0 Å². The van der Waals surface area contributed by atoms with Crippen molar-refractivity contribution in [2.24, 2.45) is 11.8 Å². The molecule has 2 aliphatic heterocycles. The molecule has 2 fully saturated rings. The summed E-state index contributed by atoms with van der Waals surface area (Å²) in [5.41, 5.74) is 0. The SMILES string of the molecule is CCCC(=O)N1CCC(C(=O)NCCN2CCCC(C)C2)CC1. The molecule has 5 heteroatoms. The maximum Gasteiger partial charge on any atom is 0.223 e. The Hall–Kier alpha value is -1.10. The molecule has 5 nitrogen and oxygen atoms in total. The Morgan fingerprint density at radius 3 is 2.52 bits per heavy atom. The summed E-state index contributed by atoms with van der Waals surface area (Å²) in [6, 6.07) is 0. The standard InChI is InChI=1S/C18H33N3O2/c1-3-5-17(22)21-11-7-16(8-12-21)18(23)19-9-13-20-10-4-6-15(2)14-20/h15-16H,3-14H2,1-2H3,(H,19,23). The highest BCUT2D eigenvalue weighted by Crippen LogP contribution is 2.18. The predicted molar refractivity (Wildman–Crippen MR) is 92.1 cm³/mol. The van der Waals surface area contributed by atoms with Gasteiger partial charge in [-0.1, -0.05) is 13.8 Å². The number of hydrogen-bond donors (Lipinski definition) is 1. The van der Waals surface area contributed by atoms with Gasteiger partial charge in [-0.2, -0.15) is 0 Å². The Morgan fingerprint density at radius 1 is 1.13 bits per heavy atom. The molecule has 1 atom stereocenters. The molecule has 0 aliphatic carbocycles. The van der Waals surface area contributed by atoms with Crippen LogP contribution in [-0.2, 0) is 9.59 Å². The fourth-order valence-corrected chi connectivity index (χ4v) is 3.73. The average Bonchev–Trinajstić information content (AvgIpc) is 2.55.